The second-order valence-corrected chi connectivity index (χ2v) is 6.66. The zero-order chi connectivity index (χ0) is 20.3. The van der Waals surface area contributed by atoms with Gasteiger partial charge < -0.3 is 4.90 Å². The third kappa shape index (κ3) is 4.01. The number of carbonyl (C=O) groups is 3. The van der Waals surface area contributed by atoms with Gasteiger partial charge in [0, 0.05) is 19.8 Å². The molecule has 0 spiro atoms. The number of imide groups is 2. The van der Waals surface area contributed by atoms with Crippen molar-refractivity contribution < 1.29 is 14.4 Å². The molecule has 6 nitrogen and oxygen atoms in total. The summed E-state index contributed by atoms with van der Waals surface area (Å²) in [6, 6.07) is 14.0. The average molecular weight is 375 g/mol. The average Bonchev–Trinajstić information content (AvgIpc) is 2.66. The minimum atomic E-state index is -0.751. The van der Waals surface area contributed by atoms with E-state index in [0.717, 1.165) is 21.7 Å². The molecule has 3 rings (SSSR count). The van der Waals surface area contributed by atoms with Crippen molar-refractivity contribution in [3.63, 3.8) is 0 Å². The number of barbiturate groups is 1. The minimum absolute atomic E-state index is 0.0960. The van der Waals surface area contributed by atoms with E-state index in [0.29, 0.717) is 5.69 Å². The summed E-state index contributed by atoms with van der Waals surface area (Å²) < 4.78 is 0. The topological polar surface area (TPSA) is 69.7 Å². The number of allylic oxidation sites excluding steroid dienone is 2. The largest absolute Gasteiger partial charge is 0.378 e. The second kappa shape index (κ2) is 7.92. The molecule has 1 aliphatic heterocycles. The van der Waals surface area contributed by atoms with Crippen molar-refractivity contribution in [3.05, 3.63) is 77.4 Å². The van der Waals surface area contributed by atoms with E-state index in [9.17, 15) is 14.4 Å². The van der Waals surface area contributed by atoms with Gasteiger partial charge in [-0.2, -0.15) is 0 Å². The van der Waals surface area contributed by atoms with E-state index in [4.69, 9.17) is 0 Å². The van der Waals surface area contributed by atoms with Crippen molar-refractivity contribution in [2.75, 3.05) is 23.9 Å². The molecule has 0 radical (unpaired) electrons. The number of anilines is 2. The van der Waals surface area contributed by atoms with Crippen molar-refractivity contribution in [1.29, 1.82) is 0 Å². The Bertz CT molecular complexity index is 971. The first kappa shape index (κ1) is 19.1. The Morgan fingerprint density at radius 2 is 1.57 bits per heavy atom. The van der Waals surface area contributed by atoms with E-state index in [1.165, 1.54) is 6.08 Å². The van der Waals surface area contributed by atoms with Crippen LogP contribution in [0.2, 0.25) is 0 Å². The van der Waals surface area contributed by atoms with Gasteiger partial charge in [0.25, 0.3) is 11.8 Å². The van der Waals surface area contributed by atoms with Crippen LogP contribution in [0.25, 0.3) is 6.08 Å². The summed E-state index contributed by atoms with van der Waals surface area (Å²) in [4.78, 5) is 40.0. The fourth-order valence-electron chi connectivity index (χ4n) is 2.74. The van der Waals surface area contributed by atoms with Crippen molar-refractivity contribution in [1.82, 2.24) is 5.32 Å². The Balaban J connectivity index is 1.83. The number of benzene rings is 2. The molecule has 1 saturated heterocycles. The highest BCUT2D eigenvalue weighted by Crippen LogP contribution is 2.21. The maximum atomic E-state index is 12.7. The lowest BCUT2D eigenvalue weighted by molar-refractivity contribution is -0.122. The van der Waals surface area contributed by atoms with E-state index in [1.54, 1.807) is 36.4 Å². The Kier molecular flexibility index (Phi) is 5.40. The first-order valence-electron chi connectivity index (χ1n) is 8.79. The fourth-order valence-corrected chi connectivity index (χ4v) is 2.74. The van der Waals surface area contributed by atoms with Gasteiger partial charge in [0.2, 0.25) is 0 Å². The van der Waals surface area contributed by atoms with Gasteiger partial charge in [-0.25, -0.2) is 9.69 Å². The van der Waals surface area contributed by atoms with E-state index in [2.05, 4.69) is 5.32 Å². The lowest BCUT2D eigenvalue weighted by atomic mass is 10.1. The van der Waals surface area contributed by atoms with Gasteiger partial charge in [-0.3, -0.25) is 14.9 Å². The van der Waals surface area contributed by atoms with Crippen LogP contribution >= 0.6 is 0 Å². The summed E-state index contributed by atoms with van der Waals surface area (Å²) in [5.41, 5.74) is 3.32. The number of carbonyl (C=O) groups excluding carboxylic acids is 3. The minimum Gasteiger partial charge on any atom is -0.378 e. The number of amides is 4. The van der Waals surface area contributed by atoms with Crippen molar-refractivity contribution in [2.45, 2.75) is 6.92 Å². The van der Waals surface area contributed by atoms with Crippen LogP contribution in [-0.4, -0.2) is 31.9 Å². The SMILES string of the molecule is Cc1ccc(N2C(=O)NC(=O)C(=CC=Cc3ccc(N(C)C)cc3)C2=O)cc1. The van der Waals surface area contributed by atoms with E-state index < -0.39 is 17.8 Å². The molecule has 0 unspecified atom stereocenters. The van der Waals surface area contributed by atoms with Crippen LogP contribution < -0.4 is 15.1 Å². The highest BCUT2D eigenvalue weighted by molar-refractivity contribution is 6.37. The van der Waals surface area contributed by atoms with Crippen molar-refractivity contribution >= 4 is 35.3 Å². The predicted molar refractivity (Wildman–Crippen MR) is 110 cm³/mol. The molecular weight excluding hydrogens is 354 g/mol. The Hall–Kier alpha value is -3.67. The molecule has 0 bridgehead atoms. The number of hydrogen-bond acceptors (Lipinski definition) is 4. The normalized spacial score (nSPS) is 16.0. The standard InChI is InChI=1S/C22H21N3O3/c1-15-7-11-18(12-8-15)25-21(27)19(20(26)23-22(25)28)6-4-5-16-9-13-17(14-10-16)24(2)3/h4-14H,1-3H3,(H,23,26,28). The number of nitrogens with one attached hydrogen (secondary N) is 1. The summed E-state index contributed by atoms with van der Waals surface area (Å²) in [7, 11) is 3.92. The van der Waals surface area contributed by atoms with Gasteiger partial charge >= 0.3 is 6.03 Å². The van der Waals surface area contributed by atoms with Gasteiger partial charge in [0.15, 0.2) is 0 Å². The quantitative estimate of drug-likeness (QED) is 0.658. The molecule has 0 atom stereocenters. The molecule has 1 heterocycles. The van der Waals surface area contributed by atoms with Crippen LogP contribution in [-0.2, 0) is 9.59 Å². The molecule has 1 N–H and O–H groups in total. The summed E-state index contributed by atoms with van der Waals surface area (Å²) >= 11 is 0. The highest BCUT2D eigenvalue weighted by Gasteiger charge is 2.36. The van der Waals surface area contributed by atoms with E-state index in [1.807, 2.05) is 50.2 Å². The van der Waals surface area contributed by atoms with Crippen LogP contribution in [0.15, 0.2) is 66.3 Å². The predicted octanol–water partition coefficient (Wildman–Crippen LogP) is 3.28. The first-order valence-corrected chi connectivity index (χ1v) is 8.79. The molecule has 0 aliphatic carbocycles. The molecule has 0 saturated carbocycles. The molecular formula is C22H21N3O3. The van der Waals surface area contributed by atoms with Crippen LogP contribution in [0.3, 0.4) is 0 Å². The Morgan fingerprint density at radius 3 is 2.18 bits per heavy atom. The second-order valence-electron chi connectivity index (χ2n) is 6.66. The fraction of sp³-hybridized carbons (Fsp3) is 0.136. The number of hydrogen-bond donors (Lipinski definition) is 1. The zero-order valence-electron chi connectivity index (χ0n) is 16.0. The number of aryl methyl sites for hydroxylation is 1. The molecule has 142 valence electrons. The third-order valence-electron chi connectivity index (χ3n) is 4.35. The maximum Gasteiger partial charge on any atom is 0.335 e. The molecule has 6 heteroatoms. The zero-order valence-corrected chi connectivity index (χ0v) is 16.0. The number of nitrogens with zero attached hydrogens (tertiary/aromatic N) is 2. The number of rotatable bonds is 4. The van der Waals surface area contributed by atoms with Gasteiger partial charge in [0.05, 0.1) is 5.69 Å². The van der Waals surface area contributed by atoms with Crippen LogP contribution in [0.1, 0.15) is 11.1 Å². The highest BCUT2D eigenvalue weighted by atomic mass is 16.2. The molecule has 2 aromatic carbocycles. The summed E-state index contributed by atoms with van der Waals surface area (Å²) in [6.07, 6.45) is 4.84. The Morgan fingerprint density at radius 1 is 0.929 bits per heavy atom. The molecule has 1 aliphatic rings. The van der Waals surface area contributed by atoms with Crippen LogP contribution in [0.4, 0.5) is 16.2 Å². The summed E-state index contributed by atoms with van der Waals surface area (Å²) in [5.74, 6) is -1.35. The monoisotopic (exact) mass is 375 g/mol. The van der Waals surface area contributed by atoms with Gasteiger partial charge in [0.1, 0.15) is 5.57 Å². The van der Waals surface area contributed by atoms with Gasteiger partial charge in [-0.15, -0.1) is 0 Å². The molecule has 2 aromatic rings. The first-order chi connectivity index (χ1) is 13.4. The Labute approximate surface area is 163 Å². The number of urea groups is 1. The van der Waals surface area contributed by atoms with E-state index >= 15 is 0 Å². The molecule has 4 amide bonds. The molecule has 28 heavy (non-hydrogen) atoms. The third-order valence-corrected chi connectivity index (χ3v) is 4.35. The van der Waals surface area contributed by atoms with Gasteiger partial charge in [-0.1, -0.05) is 42.0 Å². The lowest BCUT2D eigenvalue weighted by Gasteiger charge is -2.26. The van der Waals surface area contributed by atoms with Crippen molar-refractivity contribution in [3.8, 4) is 0 Å². The molecule has 1 fully saturated rings. The van der Waals surface area contributed by atoms with Gasteiger partial charge in [-0.05, 0) is 42.8 Å². The smallest absolute Gasteiger partial charge is 0.335 e. The summed E-state index contributed by atoms with van der Waals surface area (Å²) in [6.45, 7) is 1.91. The summed E-state index contributed by atoms with van der Waals surface area (Å²) in [5, 5.41) is 2.21. The van der Waals surface area contributed by atoms with Crippen LogP contribution in [0.5, 0.6) is 0 Å². The lowest BCUT2D eigenvalue weighted by Crippen LogP contribution is -2.54. The molecule has 0 aromatic heterocycles. The maximum absolute atomic E-state index is 12.7. The van der Waals surface area contributed by atoms with E-state index in [-0.39, 0.29) is 5.57 Å². The van der Waals surface area contributed by atoms with Crippen LogP contribution in [0, 0.1) is 6.92 Å². The van der Waals surface area contributed by atoms with Crippen molar-refractivity contribution in [2.24, 2.45) is 0 Å².